The van der Waals surface area contributed by atoms with Crippen LogP contribution in [0.4, 0.5) is 0 Å². The smallest absolute Gasteiger partial charge is 0.250 e. The molecule has 3 rings (SSSR count). The fourth-order valence-corrected chi connectivity index (χ4v) is 2.82. The number of carbonyl (C=O) groups excluding carboxylic acids is 1. The molecule has 1 heterocycles. The summed E-state index contributed by atoms with van der Waals surface area (Å²) in [4.78, 5) is 26.5. The average molecular weight is 342 g/mol. The Hall–Kier alpha value is -2.76. The summed E-state index contributed by atoms with van der Waals surface area (Å²) < 4.78 is 12.1. The van der Waals surface area contributed by atoms with Gasteiger partial charge in [-0.3, -0.25) is 9.59 Å². The van der Waals surface area contributed by atoms with Gasteiger partial charge in [-0.15, -0.1) is 0 Å². The maximum atomic E-state index is 12.8. The number of hydrogen-bond donors (Lipinski definition) is 0. The Morgan fingerprint density at radius 3 is 2.64 bits per heavy atom. The summed E-state index contributed by atoms with van der Waals surface area (Å²) in [6.07, 6.45) is 3.61. The molecule has 25 heavy (non-hydrogen) atoms. The van der Waals surface area contributed by atoms with Gasteiger partial charge in [0.1, 0.15) is 18.0 Å². The number of aromatic nitrogens is 1. The van der Waals surface area contributed by atoms with Crippen molar-refractivity contribution in [1.29, 1.82) is 0 Å². The lowest BCUT2D eigenvalue weighted by Gasteiger charge is -2.24. The van der Waals surface area contributed by atoms with Gasteiger partial charge in [0.15, 0.2) is 0 Å². The van der Waals surface area contributed by atoms with Gasteiger partial charge < -0.3 is 18.9 Å². The van der Waals surface area contributed by atoms with E-state index >= 15 is 0 Å². The van der Waals surface area contributed by atoms with E-state index < -0.39 is 0 Å². The van der Waals surface area contributed by atoms with E-state index in [1.54, 1.807) is 32.5 Å². The van der Waals surface area contributed by atoms with Gasteiger partial charge in [0, 0.05) is 30.4 Å². The molecule has 1 amide bonds. The summed E-state index contributed by atoms with van der Waals surface area (Å²) in [7, 11) is 3.22. The normalized spacial score (nSPS) is 13.4. The van der Waals surface area contributed by atoms with Crippen LogP contribution >= 0.6 is 0 Å². The van der Waals surface area contributed by atoms with Crippen LogP contribution in [0.5, 0.6) is 11.5 Å². The quantitative estimate of drug-likeness (QED) is 0.773. The van der Waals surface area contributed by atoms with Gasteiger partial charge in [-0.05, 0) is 37.1 Å². The minimum absolute atomic E-state index is 0.0441. The van der Waals surface area contributed by atoms with Crippen molar-refractivity contribution in [3.05, 3.63) is 58.5 Å². The summed E-state index contributed by atoms with van der Waals surface area (Å²) in [6.45, 7) is 0.480. The maximum absolute atomic E-state index is 12.8. The van der Waals surface area contributed by atoms with Gasteiger partial charge in [-0.25, -0.2) is 0 Å². The second-order valence-corrected chi connectivity index (χ2v) is 6.10. The molecule has 0 spiro atoms. The SMILES string of the molecule is COc1ccc(OC)c(CN(C(=O)Cn2ccccc2=O)C2CC2)c1. The molecule has 1 aromatic heterocycles. The topological polar surface area (TPSA) is 60.8 Å². The fraction of sp³-hybridized carbons (Fsp3) is 0.368. The van der Waals surface area contributed by atoms with Crippen molar-refractivity contribution in [3.8, 4) is 11.5 Å². The highest BCUT2D eigenvalue weighted by molar-refractivity contribution is 5.76. The number of rotatable bonds is 7. The number of nitrogens with zero attached hydrogens (tertiary/aromatic N) is 2. The fourth-order valence-electron chi connectivity index (χ4n) is 2.82. The molecule has 132 valence electrons. The first-order chi connectivity index (χ1) is 12.1. The Balaban J connectivity index is 1.81. The third-order valence-electron chi connectivity index (χ3n) is 4.34. The second-order valence-electron chi connectivity index (χ2n) is 6.10. The maximum Gasteiger partial charge on any atom is 0.250 e. The minimum Gasteiger partial charge on any atom is -0.497 e. The molecule has 0 unspecified atom stereocenters. The predicted octanol–water partition coefficient (Wildman–Crippen LogP) is 2.06. The number of methoxy groups -OCH3 is 2. The molecule has 6 nitrogen and oxygen atoms in total. The number of pyridine rings is 1. The summed E-state index contributed by atoms with van der Waals surface area (Å²) in [5.74, 6) is 1.37. The number of hydrogen-bond acceptors (Lipinski definition) is 4. The Bertz CT molecular complexity index is 811. The average Bonchev–Trinajstić information content (AvgIpc) is 3.46. The van der Waals surface area contributed by atoms with Crippen molar-refractivity contribution in [1.82, 2.24) is 9.47 Å². The van der Waals surface area contributed by atoms with Crippen LogP contribution in [0.2, 0.25) is 0 Å². The first-order valence-electron chi connectivity index (χ1n) is 8.28. The molecule has 0 radical (unpaired) electrons. The molecule has 0 atom stereocenters. The lowest BCUT2D eigenvalue weighted by molar-refractivity contribution is -0.133. The molecule has 0 bridgehead atoms. The highest BCUT2D eigenvalue weighted by Crippen LogP contribution is 2.32. The zero-order valence-corrected chi connectivity index (χ0v) is 14.5. The van der Waals surface area contributed by atoms with Crippen LogP contribution in [0, 0.1) is 0 Å². The lowest BCUT2D eigenvalue weighted by atomic mass is 10.1. The Kier molecular flexibility index (Phi) is 5.07. The molecule has 1 aliphatic carbocycles. The molecule has 2 aromatic rings. The Morgan fingerprint density at radius 1 is 1.20 bits per heavy atom. The number of amides is 1. The lowest BCUT2D eigenvalue weighted by Crippen LogP contribution is -2.37. The molecule has 0 aliphatic heterocycles. The van der Waals surface area contributed by atoms with Crippen LogP contribution in [0.15, 0.2) is 47.4 Å². The third-order valence-corrected chi connectivity index (χ3v) is 4.34. The summed E-state index contributed by atoms with van der Waals surface area (Å²) in [5, 5.41) is 0. The van der Waals surface area contributed by atoms with Gasteiger partial charge in [0.25, 0.3) is 5.56 Å². The van der Waals surface area contributed by atoms with Crippen molar-refractivity contribution in [2.45, 2.75) is 32.0 Å². The Morgan fingerprint density at radius 2 is 2.00 bits per heavy atom. The summed E-state index contributed by atoms with van der Waals surface area (Å²) >= 11 is 0. The summed E-state index contributed by atoms with van der Waals surface area (Å²) in [5.41, 5.74) is 0.716. The van der Waals surface area contributed by atoms with Crippen molar-refractivity contribution in [3.63, 3.8) is 0 Å². The number of benzene rings is 1. The van der Waals surface area contributed by atoms with E-state index in [2.05, 4.69) is 0 Å². The third kappa shape index (κ3) is 4.02. The molecule has 0 saturated heterocycles. The highest BCUT2D eigenvalue weighted by atomic mass is 16.5. The zero-order valence-electron chi connectivity index (χ0n) is 14.5. The minimum atomic E-state index is -0.175. The van der Waals surface area contributed by atoms with Crippen molar-refractivity contribution < 1.29 is 14.3 Å². The molecule has 6 heteroatoms. The van der Waals surface area contributed by atoms with Gasteiger partial charge in [-0.2, -0.15) is 0 Å². The first kappa shape index (κ1) is 17.1. The van der Waals surface area contributed by atoms with Gasteiger partial charge in [0.05, 0.1) is 14.2 Å². The molecule has 1 saturated carbocycles. The van der Waals surface area contributed by atoms with Gasteiger partial charge >= 0.3 is 0 Å². The van der Waals surface area contributed by atoms with Crippen LogP contribution in [-0.2, 0) is 17.9 Å². The van der Waals surface area contributed by atoms with E-state index in [4.69, 9.17) is 9.47 Å². The zero-order chi connectivity index (χ0) is 17.8. The van der Waals surface area contributed by atoms with E-state index in [9.17, 15) is 9.59 Å². The van der Waals surface area contributed by atoms with E-state index in [0.717, 1.165) is 29.9 Å². The number of carbonyl (C=O) groups is 1. The predicted molar refractivity (Wildman–Crippen MR) is 93.8 cm³/mol. The van der Waals surface area contributed by atoms with Gasteiger partial charge in [0.2, 0.25) is 5.91 Å². The molecule has 0 N–H and O–H groups in total. The molecule has 1 aliphatic rings. The van der Waals surface area contributed by atoms with E-state index in [1.807, 2.05) is 23.1 Å². The Labute approximate surface area is 146 Å². The second kappa shape index (κ2) is 7.42. The highest BCUT2D eigenvalue weighted by Gasteiger charge is 2.33. The van der Waals surface area contributed by atoms with Crippen molar-refractivity contribution in [2.75, 3.05) is 14.2 Å². The van der Waals surface area contributed by atoms with E-state index in [0.29, 0.717) is 6.54 Å². The van der Waals surface area contributed by atoms with Crippen molar-refractivity contribution >= 4 is 5.91 Å². The molecule has 1 fully saturated rings. The van der Waals surface area contributed by atoms with Crippen LogP contribution < -0.4 is 15.0 Å². The number of ether oxygens (including phenoxy) is 2. The van der Waals surface area contributed by atoms with Crippen LogP contribution in [0.1, 0.15) is 18.4 Å². The van der Waals surface area contributed by atoms with E-state index in [1.165, 1.54) is 10.6 Å². The largest absolute Gasteiger partial charge is 0.497 e. The van der Waals surface area contributed by atoms with Crippen LogP contribution in [0.25, 0.3) is 0 Å². The molecule has 1 aromatic carbocycles. The van der Waals surface area contributed by atoms with Crippen LogP contribution in [0.3, 0.4) is 0 Å². The van der Waals surface area contributed by atoms with Crippen LogP contribution in [-0.4, -0.2) is 35.6 Å². The van der Waals surface area contributed by atoms with Gasteiger partial charge in [-0.1, -0.05) is 6.07 Å². The summed E-state index contributed by atoms with van der Waals surface area (Å²) in [6, 6.07) is 10.7. The van der Waals surface area contributed by atoms with E-state index in [-0.39, 0.29) is 24.1 Å². The monoisotopic (exact) mass is 342 g/mol. The molecular formula is C19H22N2O4. The standard InChI is InChI=1S/C19H22N2O4/c1-24-16-8-9-17(25-2)14(11-16)12-21(15-6-7-15)19(23)13-20-10-4-3-5-18(20)22/h3-5,8-11,15H,6-7,12-13H2,1-2H3. The van der Waals surface area contributed by atoms with Crippen molar-refractivity contribution in [2.24, 2.45) is 0 Å². The molecular weight excluding hydrogens is 320 g/mol. The first-order valence-corrected chi connectivity index (χ1v) is 8.28.